The summed E-state index contributed by atoms with van der Waals surface area (Å²) in [5.41, 5.74) is 2.10. The van der Waals surface area contributed by atoms with Crippen molar-refractivity contribution in [1.82, 2.24) is 10.2 Å². The number of carbonyl (C=O) groups is 2. The van der Waals surface area contributed by atoms with E-state index in [1.54, 1.807) is 14.2 Å². The van der Waals surface area contributed by atoms with Crippen molar-refractivity contribution in [2.45, 2.75) is 32.2 Å². The first-order chi connectivity index (χ1) is 14.6. The molecule has 1 N–H and O–H groups in total. The molecule has 0 radical (unpaired) electrons. The van der Waals surface area contributed by atoms with Gasteiger partial charge in [0.1, 0.15) is 11.5 Å². The lowest BCUT2D eigenvalue weighted by atomic mass is 9.95. The fraction of sp³-hybridized carbons (Fsp3) is 0.417. The normalized spacial score (nSPS) is 14.3. The minimum atomic E-state index is -0.0274. The van der Waals surface area contributed by atoms with Gasteiger partial charge in [0.15, 0.2) is 0 Å². The minimum Gasteiger partial charge on any atom is -0.497 e. The van der Waals surface area contributed by atoms with Crippen molar-refractivity contribution in [3.8, 4) is 11.5 Å². The molecule has 0 unspecified atom stereocenters. The van der Waals surface area contributed by atoms with Crippen LogP contribution in [0.3, 0.4) is 0 Å². The Balaban J connectivity index is 1.43. The number of aryl methyl sites for hydroxylation is 1. The average molecular weight is 411 g/mol. The van der Waals surface area contributed by atoms with Crippen LogP contribution in [0.15, 0.2) is 48.5 Å². The van der Waals surface area contributed by atoms with Gasteiger partial charge in [-0.15, -0.1) is 0 Å². The third-order valence-corrected chi connectivity index (χ3v) is 5.57. The van der Waals surface area contributed by atoms with Crippen LogP contribution in [0.4, 0.5) is 0 Å². The first kappa shape index (κ1) is 21.7. The predicted molar refractivity (Wildman–Crippen MR) is 115 cm³/mol. The Morgan fingerprint density at radius 2 is 1.60 bits per heavy atom. The van der Waals surface area contributed by atoms with E-state index in [9.17, 15) is 9.59 Å². The van der Waals surface area contributed by atoms with Crippen molar-refractivity contribution < 1.29 is 19.1 Å². The highest BCUT2D eigenvalue weighted by molar-refractivity contribution is 5.80. The highest BCUT2D eigenvalue weighted by Crippen LogP contribution is 2.24. The molecule has 1 aliphatic rings. The maximum absolute atomic E-state index is 12.6. The molecule has 0 bridgehead atoms. The highest BCUT2D eigenvalue weighted by atomic mass is 16.5. The number of carbonyl (C=O) groups excluding carboxylic acids is 2. The van der Waals surface area contributed by atoms with Crippen molar-refractivity contribution >= 4 is 11.8 Å². The largest absolute Gasteiger partial charge is 0.497 e. The Morgan fingerprint density at radius 1 is 0.967 bits per heavy atom. The number of amides is 2. The van der Waals surface area contributed by atoms with Gasteiger partial charge in [-0.2, -0.15) is 0 Å². The molecule has 1 fully saturated rings. The van der Waals surface area contributed by atoms with Gasteiger partial charge in [-0.3, -0.25) is 9.59 Å². The molecule has 0 atom stereocenters. The van der Waals surface area contributed by atoms with E-state index < -0.39 is 0 Å². The third-order valence-electron chi connectivity index (χ3n) is 5.57. The summed E-state index contributed by atoms with van der Waals surface area (Å²) in [6, 6.07) is 15.6. The van der Waals surface area contributed by atoms with Crippen molar-refractivity contribution in [2.75, 3.05) is 27.3 Å². The summed E-state index contributed by atoms with van der Waals surface area (Å²) in [6.45, 7) is 1.80. The van der Waals surface area contributed by atoms with E-state index >= 15 is 0 Å². The lowest BCUT2D eigenvalue weighted by Gasteiger charge is -2.31. The van der Waals surface area contributed by atoms with E-state index in [0.717, 1.165) is 22.6 Å². The Labute approximate surface area is 178 Å². The zero-order valence-electron chi connectivity index (χ0n) is 17.7. The average Bonchev–Trinajstić information content (AvgIpc) is 2.81. The summed E-state index contributed by atoms with van der Waals surface area (Å²) in [7, 11) is 3.23. The van der Waals surface area contributed by atoms with Crippen LogP contribution in [0.25, 0.3) is 0 Å². The number of hydrogen-bond donors (Lipinski definition) is 1. The molecule has 0 aliphatic carbocycles. The molecular formula is C24H30N2O4. The van der Waals surface area contributed by atoms with Crippen LogP contribution >= 0.6 is 0 Å². The van der Waals surface area contributed by atoms with Gasteiger partial charge in [-0.05, 0) is 42.5 Å². The van der Waals surface area contributed by atoms with E-state index in [-0.39, 0.29) is 17.7 Å². The first-order valence-electron chi connectivity index (χ1n) is 10.4. The summed E-state index contributed by atoms with van der Waals surface area (Å²) >= 11 is 0. The van der Waals surface area contributed by atoms with Crippen LogP contribution in [0.5, 0.6) is 11.5 Å². The number of piperidine rings is 1. The summed E-state index contributed by atoms with van der Waals surface area (Å²) in [6.07, 6.45) is 2.48. The zero-order chi connectivity index (χ0) is 21.3. The number of hydrogen-bond acceptors (Lipinski definition) is 4. The summed E-state index contributed by atoms with van der Waals surface area (Å²) in [4.78, 5) is 26.9. The molecule has 6 nitrogen and oxygen atoms in total. The number of methoxy groups -OCH3 is 2. The van der Waals surface area contributed by atoms with Gasteiger partial charge < -0.3 is 19.7 Å². The SMILES string of the molecule is COc1cc(CCC(=O)N2CCC(C(=O)NCc3ccccc3)CC2)cc(OC)c1. The predicted octanol–water partition coefficient (Wildman–Crippen LogP) is 3.19. The first-order valence-corrected chi connectivity index (χ1v) is 10.4. The second kappa shape index (κ2) is 10.7. The van der Waals surface area contributed by atoms with Gasteiger partial charge in [0.05, 0.1) is 14.2 Å². The number of nitrogens with zero attached hydrogens (tertiary/aromatic N) is 1. The third kappa shape index (κ3) is 5.99. The van der Waals surface area contributed by atoms with Crippen molar-refractivity contribution in [3.63, 3.8) is 0 Å². The minimum absolute atomic E-state index is 0.0274. The second-order valence-electron chi connectivity index (χ2n) is 7.58. The Hall–Kier alpha value is -3.02. The smallest absolute Gasteiger partial charge is 0.223 e. The van der Waals surface area contributed by atoms with Crippen LogP contribution in [-0.4, -0.2) is 44.0 Å². The van der Waals surface area contributed by atoms with Gasteiger partial charge >= 0.3 is 0 Å². The fourth-order valence-electron chi connectivity index (χ4n) is 3.74. The number of rotatable bonds is 8. The van der Waals surface area contributed by atoms with Crippen molar-refractivity contribution in [2.24, 2.45) is 5.92 Å². The number of ether oxygens (including phenoxy) is 2. The Bertz CT molecular complexity index is 823. The van der Waals surface area contributed by atoms with Gasteiger partial charge in [-0.25, -0.2) is 0 Å². The molecule has 2 aromatic carbocycles. The second-order valence-corrected chi connectivity index (χ2v) is 7.58. The van der Waals surface area contributed by atoms with Gasteiger partial charge in [-0.1, -0.05) is 30.3 Å². The van der Waals surface area contributed by atoms with Gasteiger partial charge in [0, 0.05) is 38.0 Å². The zero-order valence-corrected chi connectivity index (χ0v) is 17.7. The van der Waals surface area contributed by atoms with Crippen LogP contribution < -0.4 is 14.8 Å². The number of likely N-dealkylation sites (tertiary alicyclic amines) is 1. The Kier molecular flexibility index (Phi) is 7.71. The quantitative estimate of drug-likeness (QED) is 0.726. The van der Waals surface area contributed by atoms with Gasteiger partial charge in [0.2, 0.25) is 11.8 Å². The molecule has 0 saturated carbocycles. The topological polar surface area (TPSA) is 67.9 Å². The Morgan fingerprint density at radius 3 is 2.20 bits per heavy atom. The van der Waals surface area contributed by atoms with E-state index in [0.29, 0.717) is 45.3 Å². The molecule has 160 valence electrons. The molecule has 6 heteroatoms. The lowest BCUT2D eigenvalue weighted by Crippen LogP contribution is -2.43. The summed E-state index contributed by atoms with van der Waals surface area (Å²) in [5, 5.41) is 3.01. The van der Waals surface area contributed by atoms with E-state index in [2.05, 4.69) is 5.32 Å². The van der Waals surface area contributed by atoms with E-state index in [1.165, 1.54) is 0 Å². The monoisotopic (exact) mass is 410 g/mol. The molecule has 1 aliphatic heterocycles. The van der Waals surface area contributed by atoms with E-state index in [4.69, 9.17) is 9.47 Å². The molecule has 1 heterocycles. The van der Waals surface area contributed by atoms with Crippen LogP contribution in [0, 0.1) is 5.92 Å². The maximum Gasteiger partial charge on any atom is 0.223 e. The number of nitrogens with one attached hydrogen (secondary N) is 1. The van der Waals surface area contributed by atoms with Crippen LogP contribution in [0.1, 0.15) is 30.4 Å². The molecular weight excluding hydrogens is 380 g/mol. The van der Waals surface area contributed by atoms with Crippen LogP contribution in [-0.2, 0) is 22.6 Å². The van der Waals surface area contributed by atoms with E-state index in [1.807, 2.05) is 53.4 Å². The molecule has 0 aromatic heterocycles. The van der Waals surface area contributed by atoms with Crippen molar-refractivity contribution in [3.05, 3.63) is 59.7 Å². The molecule has 2 aromatic rings. The van der Waals surface area contributed by atoms with Crippen molar-refractivity contribution in [1.29, 1.82) is 0 Å². The lowest BCUT2D eigenvalue weighted by molar-refractivity contribution is -0.135. The molecule has 30 heavy (non-hydrogen) atoms. The molecule has 1 saturated heterocycles. The summed E-state index contributed by atoms with van der Waals surface area (Å²) in [5.74, 6) is 1.62. The number of benzene rings is 2. The fourth-order valence-corrected chi connectivity index (χ4v) is 3.74. The molecule has 3 rings (SSSR count). The molecule has 2 amide bonds. The highest BCUT2D eigenvalue weighted by Gasteiger charge is 2.27. The molecule has 0 spiro atoms. The summed E-state index contributed by atoms with van der Waals surface area (Å²) < 4.78 is 10.6. The van der Waals surface area contributed by atoms with Gasteiger partial charge in [0.25, 0.3) is 0 Å². The van der Waals surface area contributed by atoms with Crippen LogP contribution in [0.2, 0.25) is 0 Å². The standard InChI is InChI=1S/C24H30N2O4/c1-29-21-14-19(15-22(16-21)30-2)8-9-23(27)26-12-10-20(11-13-26)24(28)25-17-18-6-4-3-5-7-18/h3-7,14-16,20H,8-13,17H2,1-2H3,(H,25,28). The maximum atomic E-state index is 12.6.